The van der Waals surface area contributed by atoms with Crippen molar-refractivity contribution in [3.05, 3.63) is 65.2 Å². The summed E-state index contributed by atoms with van der Waals surface area (Å²) in [5, 5.41) is 0. The molecular weight excluding hydrogens is 394 g/mol. The van der Waals surface area contributed by atoms with Gasteiger partial charge in [0.1, 0.15) is 16.5 Å². The molecule has 2 aromatic carbocycles. The first-order valence-corrected chi connectivity index (χ1v) is 10.2. The van der Waals surface area contributed by atoms with Crippen LogP contribution in [-0.4, -0.2) is 33.0 Å². The monoisotopic (exact) mass is 416 g/mol. The van der Waals surface area contributed by atoms with Gasteiger partial charge >= 0.3 is 0 Å². The lowest BCUT2D eigenvalue weighted by atomic mass is 10.00. The molecule has 148 valence electrons. The number of nitrogens with one attached hydrogen (secondary N) is 1. The highest BCUT2D eigenvalue weighted by atomic mass is 35.5. The Hall–Kier alpha value is -1.54. The van der Waals surface area contributed by atoms with E-state index in [2.05, 4.69) is 27.8 Å². The van der Waals surface area contributed by atoms with E-state index in [4.69, 9.17) is 0 Å². The first-order chi connectivity index (χ1) is 12.5. The second-order valence-corrected chi connectivity index (χ2v) is 8.21. The lowest BCUT2D eigenvalue weighted by Crippen LogP contribution is -2.32. The van der Waals surface area contributed by atoms with Crippen molar-refractivity contribution in [1.82, 2.24) is 9.62 Å². The van der Waals surface area contributed by atoms with Gasteiger partial charge in [0.05, 0.1) is 0 Å². The van der Waals surface area contributed by atoms with Crippen LogP contribution >= 0.6 is 12.4 Å². The Kier molecular flexibility index (Phi) is 7.73. The van der Waals surface area contributed by atoms with Gasteiger partial charge in [-0.05, 0) is 55.1 Å². The lowest BCUT2D eigenvalue weighted by Gasteiger charge is -2.28. The third-order valence-electron chi connectivity index (χ3n) is 4.59. The number of halogens is 3. The number of nitrogens with zero attached hydrogens (tertiary/aromatic N) is 1. The molecule has 4 nitrogen and oxygen atoms in total. The van der Waals surface area contributed by atoms with Crippen molar-refractivity contribution in [3.63, 3.8) is 0 Å². The van der Waals surface area contributed by atoms with Crippen LogP contribution in [0.25, 0.3) is 0 Å². The van der Waals surface area contributed by atoms with Crippen LogP contribution in [0.5, 0.6) is 0 Å². The number of sulfonamides is 1. The molecule has 0 bridgehead atoms. The predicted molar refractivity (Wildman–Crippen MR) is 103 cm³/mol. The average molecular weight is 417 g/mol. The fourth-order valence-corrected chi connectivity index (χ4v) is 4.33. The van der Waals surface area contributed by atoms with Gasteiger partial charge in [-0.3, -0.25) is 4.90 Å². The third kappa shape index (κ3) is 5.72. The number of hydrogen-bond acceptors (Lipinski definition) is 3. The van der Waals surface area contributed by atoms with Crippen molar-refractivity contribution in [2.75, 3.05) is 19.6 Å². The Morgan fingerprint density at radius 2 is 1.78 bits per heavy atom. The number of hydrogen-bond donors (Lipinski definition) is 1. The molecule has 0 fully saturated rings. The van der Waals surface area contributed by atoms with Gasteiger partial charge < -0.3 is 0 Å². The van der Waals surface area contributed by atoms with Gasteiger partial charge in [-0.25, -0.2) is 21.9 Å². The van der Waals surface area contributed by atoms with Crippen LogP contribution in [0, 0.1) is 11.6 Å². The summed E-state index contributed by atoms with van der Waals surface area (Å²) in [6.45, 7) is 2.99. The fraction of sp³-hybridized carbons (Fsp3) is 0.368. The van der Waals surface area contributed by atoms with Crippen LogP contribution in [0.15, 0.2) is 47.4 Å². The van der Waals surface area contributed by atoms with Gasteiger partial charge in [-0.15, -0.1) is 12.4 Å². The summed E-state index contributed by atoms with van der Waals surface area (Å²) in [7, 11) is -4.04. The van der Waals surface area contributed by atoms with Crippen LogP contribution < -0.4 is 4.72 Å². The summed E-state index contributed by atoms with van der Waals surface area (Å²) < 4.78 is 53.3. The highest BCUT2D eigenvalue weighted by molar-refractivity contribution is 7.89. The van der Waals surface area contributed by atoms with E-state index < -0.39 is 26.6 Å². The summed E-state index contributed by atoms with van der Waals surface area (Å²) in [5.41, 5.74) is 2.75. The van der Waals surface area contributed by atoms with Gasteiger partial charge in [0.25, 0.3) is 0 Å². The van der Waals surface area contributed by atoms with E-state index in [9.17, 15) is 17.2 Å². The minimum atomic E-state index is -4.04. The highest BCUT2D eigenvalue weighted by Gasteiger charge is 2.19. The van der Waals surface area contributed by atoms with E-state index in [-0.39, 0.29) is 19.0 Å². The van der Waals surface area contributed by atoms with Gasteiger partial charge in [0.2, 0.25) is 10.0 Å². The van der Waals surface area contributed by atoms with Gasteiger partial charge in [0, 0.05) is 19.6 Å². The Bertz CT molecular complexity index is 878. The van der Waals surface area contributed by atoms with E-state index in [0.29, 0.717) is 12.5 Å². The molecule has 0 aliphatic carbocycles. The Morgan fingerprint density at radius 3 is 2.56 bits per heavy atom. The number of benzene rings is 2. The molecule has 0 atom stereocenters. The van der Waals surface area contributed by atoms with Crippen molar-refractivity contribution in [3.8, 4) is 0 Å². The highest BCUT2D eigenvalue weighted by Crippen LogP contribution is 2.19. The van der Waals surface area contributed by atoms with E-state index in [1.165, 1.54) is 11.1 Å². The Morgan fingerprint density at radius 1 is 1.04 bits per heavy atom. The second kappa shape index (κ2) is 9.59. The van der Waals surface area contributed by atoms with E-state index in [1.54, 1.807) is 0 Å². The molecule has 1 heterocycles. The van der Waals surface area contributed by atoms with Gasteiger partial charge in [0.15, 0.2) is 0 Å². The lowest BCUT2D eigenvalue weighted by molar-refractivity contribution is 0.249. The molecule has 0 saturated heterocycles. The van der Waals surface area contributed by atoms with Crippen molar-refractivity contribution >= 4 is 22.4 Å². The van der Waals surface area contributed by atoms with E-state index >= 15 is 0 Å². The number of unbranched alkanes of at least 4 members (excludes halogenated alkanes) is 1. The van der Waals surface area contributed by atoms with E-state index in [0.717, 1.165) is 44.6 Å². The molecule has 8 heteroatoms. The first kappa shape index (κ1) is 21.8. The topological polar surface area (TPSA) is 49.4 Å². The molecular formula is C19H23ClF2N2O2S. The molecule has 0 amide bonds. The molecule has 0 spiro atoms. The molecule has 0 saturated carbocycles. The molecule has 2 aromatic rings. The molecule has 0 aromatic heterocycles. The third-order valence-corrected chi connectivity index (χ3v) is 6.06. The molecule has 0 unspecified atom stereocenters. The number of rotatable bonds is 7. The molecule has 1 aliphatic rings. The SMILES string of the molecule is Cl.O=S(=O)(NCCCCN1CCc2ccccc2C1)c1cc(F)ccc1F. The fourth-order valence-electron chi connectivity index (χ4n) is 3.17. The van der Waals surface area contributed by atoms with Crippen LogP contribution in [0.1, 0.15) is 24.0 Å². The zero-order chi connectivity index (χ0) is 18.6. The number of fused-ring (bicyclic) bond motifs is 1. The van der Waals surface area contributed by atoms with Crippen LogP contribution in [-0.2, 0) is 23.0 Å². The molecule has 1 aliphatic heterocycles. The normalized spacial score (nSPS) is 14.4. The summed E-state index contributed by atoms with van der Waals surface area (Å²) in [6.07, 6.45) is 2.49. The van der Waals surface area contributed by atoms with Gasteiger partial charge in [-0.2, -0.15) is 0 Å². The maximum Gasteiger partial charge on any atom is 0.243 e. The molecule has 0 radical (unpaired) electrons. The average Bonchev–Trinajstić information content (AvgIpc) is 2.63. The Balaban J connectivity index is 0.00000261. The van der Waals surface area contributed by atoms with Crippen molar-refractivity contribution in [2.24, 2.45) is 0 Å². The molecule has 27 heavy (non-hydrogen) atoms. The standard InChI is InChI=1S/C19H22F2N2O2S.ClH/c20-17-7-8-18(21)19(13-17)26(24,25)22-10-3-4-11-23-12-9-15-5-1-2-6-16(15)14-23;/h1-2,5-8,13,22H,3-4,9-12,14H2;1H. The minimum Gasteiger partial charge on any atom is -0.299 e. The van der Waals surface area contributed by atoms with E-state index in [1.807, 2.05) is 6.07 Å². The maximum atomic E-state index is 13.6. The predicted octanol–water partition coefficient (Wildman–Crippen LogP) is 3.50. The molecule has 3 rings (SSSR count). The Labute approximate surface area is 165 Å². The molecule has 1 N–H and O–H groups in total. The van der Waals surface area contributed by atoms with Crippen LogP contribution in [0.3, 0.4) is 0 Å². The summed E-state index contributed by atoms with van der Waals surface area (Å²) in [4.78, 5) is 1.70. The van der Waals surface area contributed by atoms with Gasteiger partial charge in [-0.1, -0.05) is 24.3 Å². The second-order valence-electron chi connectivity index (χ2n) is 6.47. The largest absolute Gasteiger partial charge is 0.299 e. The summed E-state index contributed by atoms with van der Waals surface area (Å²) in [5.74, 6) is -1.73. The minimum absolute atomic E-state index is 0. The first-order valence-electron chi connectivity index (χ1n) is 8.69. The zero-order valence-electron chi connectivity index (χ0n) is 14.8. The van der Waals surface area contributed by atoms with Crippen LogP contribution in [0.4, 0.5) is 8.78 Å². The maximum absolute atomic E-state index is 13.6. The van der Waals surface area contributed by atoms with Crippen molar-refractivity contribution in [1.29, 1.82) is 0 Å². The smallest absolute Gasteiger partial charge is 0.243 e. The van der Waals surface area contributed by atoms with Crippen LogP contribution in [0.2, 0.25) is 0 Å². The zero-order valence-corrected chi connectivity index (χ0v) is 16.5. The summed E-state index contributed by atoms with van der Waals surface area (Å²) in [6, 6.07) is 10.8. The van der Waals surface area contributed by atoms with Crippen molar-refractivity contribution < 1.29 is 17.2 Å². The summed E-state index contributed by atoms with van der Waals surface area (Å²) >= 11 is 0. The quantitative estimate of drug-likeness (QED) is 0.703. The van der Waals surface area contributed by atoms with Crippen molar-refractivity contribution in [2.45, 2.75) is 30.7 Å².